The highest BCUT2D eigenvalue weighted by Gasteiger charge is 2.14. The van der Waals surface area contributed by atoms with Crippen LogP contribution in [0.5, 0.6) is 5.75 Å². The topological polar surface area (TPSA) is 18.5 Å². The minimum Gasteiger partial charge on any atom is -0.539 e. The van der Waals surface area contributed by atoms with E-state index in [-0.39, 0.29) is 0 Å². The standard InChI is InChI=1S/C13H19O2Si/c1-4-12-9-7-8-10-13(12)15-16(6-3)11-14-5-2/h4,7-10H,1,5-6,11H2,2-3H3. The summed E-state index contributed by atoms with van der Waals surface area (Å²) < 4.78 is 11.4. The van der Waals surface area contributed by atoms with Crippen molar-refractivity contribution in [1.29, 1.82) is 0 Å². The van der Waals surface area contributed by atoms with E-state index in [0.717, 1.165) is 30.2 Å². The highest BCUT2D eigenvalue weighted by Crippen LogP contribution is 2.20. The first-order chi connectivity index (χ1) is 7.81. The van der Waals surface area contributed by atoms with Crippen LogP contribution < -0.4 is 4.43 Å². The Balaban J connectivity index is 2.65. The van der Waals surface area contributed by atoms with Gasteiger partial charge >= 0.3 is 9.04 Å². The summed E-state index contributed by atoms with van der Waals surface area (Å²) in [5, 5.41) is 0. The van der Waals surface area contributed by atoms with E-state index in [9.17, 15) is 0 Å². The second-order valence-electron chi connectivity index (χ2n) is 3.37. The quantitative estimate of drug-likeness (QED) is 0.675. The lowest BCUT2D eigenvalue weighted by atomic mass is 10.2. The van der Waals surface area contributed by atoms with E-state index in [2.05, 4.69) is 13.5 Å². The lowest BCUT2D eigenvalue weighted by Gasteiger charge is -2.16. The van der Waals surface area contributed by atoms with Crippen LogP contribution in [-0.4, -0.2) is 21.9 Å². The lowest BCUT2D eigenvalue weighted by molar-refractivity contribution is 0.183. The average molecular weight is 235 g/mol. The fourth-order valence-electron chi connectivity index (χ4n) is 1.32. The fraction of sp³-hybridized carbons (Fsp3) is 0.385. The molecule has 0 saturated heterocycles. The van der Waals surface area contributed by atoms with Gasteiger partial charge in [0.15, 0.2) is 0 Å². The van der Waals surface area contributed by atoms with Gasteiger partial charge in [-0.25, -0.2) is 0 Å². The Bertz CT molecular complexity index is 325. The molecule has 0 amide bonds. The van der Waals surface area contributed by atoms with Gasteiger partial charge in [0.1, 0.15) is 5.75 Å². The molecule has 0 aliphatic heterocycles. The predicted molar refractivity (Wildman–Crippen MR) is 69.9 cm³/mol. The first-order valence-electron chi connectivity index (χ1n) is 5.63. The van der Waals surface area contributed by atoms with Crippen LogP contribution >= 0.6 is 0 Å². The number of para-hydroxylation sites is 1. The lowest BCUT2D eigenvalue weighted by Crippen LogP contribution is -2.28. The number of benzene rings is 1. The van der Waals surface area contributed by atoms with E-state index in [1.807, 2.05) is 37.3 Å². The van der Waals surface area contributed by atoms with Gasteiger partial charge in [0.25, 0.3) is 0 Å². The predicted octanol–water partition coefficient (Wildman–Crippen LogP) is 3.30. The summed E-state index contributed by atoms with van der Waals surface area (Å²) in [4.78, 5) is 0. The third kappa shape index (κ3) is 3.83. The maximum absolute atomic E-state index is 5.99. The highest BCUT2D eigenvalue weighted by atomic mass is 28.3. The van der Waals surface area contributed by atoms with Crippen molar-refractivity contribution in [2.45, 2.75) is 19.9 Å². The van der Waals surface area contributed by atoms with Gasteiger partial charge in [-0.3, -0.25) is 0 Å². The zero-order valence-corrected chi connectivity index (χ0v) is 11.0. The fourth-order valence-corrected chi connectivity index (χ4v) is 2.65. The van der Waals surface area contributed by atoms with Crippen LogP contribution in [0.2, 0.25) is 6.04 Å². The molecule has 0 aliphatic rings. The molecule has 3 heteroatoms. The molecule has 0 atom stereocenters. The summed E-state index contributed by atoms with van der Waals surface area (Å²) in [5.74, 6) is 0.924. The van der Waals surface area contributed by atoms with E-state index in [4.69, 9.17) is 9.16 Å². The first-order valence-corrected chi connectivity index (χ1v) is 7.45. The molecule has 0 aromatic heterocycles. The van der Waals surface area contributed by atoms with E-state index in [1.165, 1.54) is 0 Å². The number of ether oxygens (including phenoxy) is 1. The summed E-state index contributed by atoms with van der Waals surface area (Å²) >= 11 is 0. The molecule has 0 aliphatic carbocycles. The van der Waals surface area contributed by atoms with Crippen LogP contribution in [-0.2, 0) is 4.74 Å². The molecular weight excluding hydrogens is 216 g/mol. The van der Waals surface area contributed by atoms with Crippen molar-refractivity contribution in [2.24, 2.45) is 0 Å². The molecule has 1 aromatic rings. The summed E-state index contributed by atoms with van der Waals surface area (Å²) in [7, 11) is -0.901. The van der Waals surface area contributed by atoms with Crippen molar-refractivity contribution >= 4 is 15.1 Å². The van der Waals surface area contributed by atoms with E-state index in [0.29, 0.717) is 0 Å². The van der Waals surface area contributed by atoms with Gasteiger partial charge in [0, 0.05) is 12.2 Å². The average Bonchev–Trinajstić information content (AvgIpc) is 2.34. The van der Waals surface area contributed by atoms with Gasteiger partial charge < -0.3 is 9.16 Å². The maximum Gasteiger partial charge on any atom is 0.307 e. The van der Waals surface area contributed by atoms with Crippen LogP contribution in [0.4, 0.5) is 0 Å². The van der Waals surface area contributed by atoms with Crippen molar-refractivity contribution in [1.82, 2.24) is 0 Å². The van der Waals surface area contributed by atoms with Gasteiger partial charge in [-0.05, 0) is 19.0 Å². The minimum atomic E-state index is -0.901. The van der Waals surface area contributed by atoms with E-state index in [1.54, 1.807) is 0 Å². The molecule has 0 bridgehead atoms. The third-order valence-electron chi connectivity index (χ3n) is 2.25. The zero-order valence-electron chi connectivity index (χ0n) is 10.0. The maximum atomic E-state index is 5.99. The Morgan fingerprint density at radius 3 is 2.69 bits per heavy atom. The Morgan fingerprint density at radius 1 is 1.31 bits per heavy atom. The zero-order chi connectivity index (χ0) is 11.8. The summed E-state index contributed by atoms with van der Waals surface area (Å²) in [6, 6.07) is 9.01. The Labute approximate surface area is 99.6 Å². The van der Waals surface area contributed by atoms with Crippen LogP contribution in [0.1, 0.15) is 19.4 Å². The van der Waals surface area contributed by atoms with Crippen molar-refractivity contribution in [3.63, 3.8) is 0 Å². The smallest absolute Gasteiger partial charge is 0.307 e. The monoisotopic (exact) mass is 235 g/mol. The number of hydrogen-bond donors (Lipinski definition) is 0. The molecule has 0 fully saturated rings. The third-order valence-corrected chi connectivity index (χ3v) is 4.08. The largest absolute Gasteiger partial charge is 0.539 e. The molecule has 16 heavy (non-hydrogen) atoms. The van der Waals surface area contributed by atoms with Crippen molar-refractivity contribution < 1.29 is 9.16 Å². The van der Waals surface area contributed by atoms with Crippen LogP contribution in [0, 0.1) is 0 Å². The van der Waals surface area contributed by atoms with Gasteiger partial charge in [-0.2, -0.15) is 0 Å². The van der Waals surface area contributed by atoms with Crippen LogP contribution in [0.15, 0.2) is 30.8 Å². The molecule has 1 rings (SSSR count). The van der Waals surface area contributed by atoms with Crippen LogP contribution in [0.3, 0.4) is 0 Å². The Morgan fingerprint density at radius 2 is 2.06 bits per heavy atom. The van der Waals surface area contributed by atoms with Gasteiger partial charge in [-0.1, -0.05) is 37.8 Å². The highest BCUT2D eigenvalue weighted by molar-refractivity contribution is 6.52. The molecule has 0 heterocycles. The molecule has 0 N–H and O–H groups in total. The molecular formula is C13H19O2Si. The first kappa shape index (κ1) is 13.0. The van der Waals surface area contributed by atoms with E-state index >= 15 is 0 Å². The van der Waals surface area contributed by atoms with Crippen molar-refractivity contribution in [3.8, 4) is 5.75 Å². The Kier molecular flexibility index (Phi) is 5.89. The second-order valence-corrected chi connectivity index (χ2v) is 5.65. The summed E-state index contributed by atoms with van der Waals surface area (Å²) in [5.41, 5.74) is 1.05. The second kappa shape index (κ2) is 7.25. The molecule has 0 saturated carbocycles. The van der Waals surface area contributed by atoms with E-state index < -0.39 is 9.04 Å². The molecule has 1 aromatic carbocycles. The normalized spacial score (nSPS) is 10.4. The molecule has 1 radical (unpaired) electrons. The summed E-state index contributed by atoms with van der Waals surface area (Å²) in [6.45, 7) is 8.69. The van der Waals surface area contributed by atoms with Gasteiger partial charge in [0.05, 0.1) is 6.23 Å². The molecule has 0 spiro atoms. The van der Waals surface area contributed by atoms with Gasteiger partial charge in [0.2, 0.25) is 0 Å². The molecule has 0 unspecified atom stereocenters. The Hall–Kier alpha value is -1.06. The molecule has 2 nitrogen and oxygen atoms in total. The van der Waals surface area contributed by atoms with Crippen LogP contribution in [0.25, 0.3) is 6.08 Å². The minimum absolute atomic E-state index is 0.739. The number of hydrogen-bond acceptors (Lipinski definition) is 2. The number of rotatable bonds is 7. The molecule has 87 valence electrons. The van der Waals surface area contributed by atoms with Gasteiger partial charge in [-0.15, -0.1) is 0 Å². The SMILES string of the molecule is C=Cc1ccccc1O[Si](CC)COCC. The van der Waals surface area contributed by atoms with Crippen molar-refractivity contribution in [2.75, 3.05) is 12.8 Å². The summed E-state index contributed by atoms with van der Waals surface area (Å²) in [6.07, 6.45) is 2.56. The van der Waals surface area contributed by atoms with Crippen molar-refractivity contribution in [3.05, 3.63) is 36.4 Å².